The molecule has 3 aromatic rings. The highest BCUT2D eigenvalue weighted by Gasteiger charge is 2.27. The fraction of sp³-hybridized carbons (Fsp3) is 0.421. The van der Waals surface area contributed by atoms with Gasteiger partial charge in [0.15, 0.2) is 17.0 Å². The Bertz CT molecular complexity index is 1070. The Hall–Kier alpha value is -3.27. The number of aromatic amines is 1. The third-order valence-corrected chi connectivity index (χ3v) is 5.79. The minimum Gasteiger partial charge on any atom is -0.351 e. The number of hydrogen-bond donors (Lipinski definition) is 3. The first-order valence-electron chi connectivity index (χ1n) is 9.86. The van der Waals surface area contributed by atoms with Gasteiger partial charge in [-0.05, 0) is 43.7 Å². The van der Waals surface area contributed by atoms with Gasteiger partial charge in [-0.3, -0.25) is 10.1 Å². The highest BCUT2D eigenvalue weighted by atomic mass is 16.6. The van der Waals surface area contributed by atoms with Crippen molar-refractivity contribution in [3.8, 4) is 0 Å². The van der Waals surface area contributed by atoms with Gasteiger partial charge in [0.2, 0.25) is 5.95 Å². The van der Waals surface area contributed by atoms with Gasteiger partial charge in [0.1, 0.15) is 0 Å². The minimum absolute atomic E-state index is 0.107. The number of nitro benzene ring substituents is 1. The smallest absolute Gasteiger partial charge is 0.269 e. The lowest BCUT2D eigenvalue weighted by atomic mass is 9.92. The van der Waals surface area contributed by atoms with Crippen LogP contribution in [0.4, 0.5) is 23.1 Å². The third kappa shape index (κ3) is 3.25. The number of nitrogens with one attached hydrogen (secondary N) is 2. The Morgan fingerprint density at radius 1 is 1.24 bits per heavy atom. The van der Waals surface area contributed by atoms with Crippen molar-refractivity contribution in [1.82, 2.24) is 19.9 Å². The monoisotopic (exact) mass is 394 g/mol. The molecule has 0 bridgehead atoms. The minimum atomic E-state index is -0.363. The summed E-state index contributed by atoms with van der Waals surface area (Å²) < 4.78 is 0. The molecule has 0 unspecified atom stereocenters. The van der Waals surface area contributed by atoms with Crippen LogP contribution in [0, 0.1) is 10.1 Å². The molecule has 4 N–H and O–H groups in total. The van der Waals surface area contributed by atoms with E-state index in [1.807, 2.05) is 0 Å². The standard InChI is InChI=1S/C19H22N8O2/c20-12-1-3-13(4-2-12)23-19-24-17-16(21-10-22-17)18(25-19)26-8-7-11-9-14(27(28)29)5-6-15(11)26/h5-6,9-10,12-13H,1-4,7-8,20H2,(H2,21,22,23,24,25). The number of hydrogen-bond acceptors (Lipinski definition) is 8. The first-order chi connectivity index (χ1) is 14.1. The summed E-state index contributed by atoms with van der Waals surface area (Å²) >= 11 is 0. The molecule has 0 atom stereocenters. The Morgan fingerprint density at radius 3 is 2.86 bits per heavy atom. The summed E-state index contributed by atoms with van der Waals surface area (Å²) in [6.45, 7) is 0.688. The molecular weight excluding hydrogens is 372 g/mol. The van der Waals surface area contributed by atoms with Gasteiger partial charge in [-0.2, -0.15) is 9.97 Å². The molecule has 1 aromatic carbocycles. The predicted octanol–water partition coefficient (Wildman–Crippen LogP) is 2.64. The van der Waals surface area contributed by atoms with Crippen molar-refractivity contribution in [2.45, 2.75) is 44.2 Å². The molecule has 0 radical (unpaired) electrons. The Labute approximate surface area is 166 Å². The van der Waals surface area contributed by atoms with Crippen molar-refractivity contribution in [2.75, 3.05) is 16.8 Å². The van der Waals surface area contributed by atoms with Gasteiger partial charge < -0.3 is 20.9 Å². The summed E-state index contributed by atoms with van der Waals surface area (Å²) in [6, 6.07) is 5.55. The van der Waals surface area contributed by atoms with Crippen LogP contribution in [0.3, 0.4) is 0 Å². The molecule has 0 saturated heterocycles. The second-order valence-corrected chi connectivity index (χ2v) is 7.70. The number of rotatable bonds is 4. The van der Waals surface area contributed by atoms with Crippen molar-refractivity contribution in [3.63, 3.8) is 0 Å². The van der Waals surface area contributed by atoms with Crippen LogP contribution in [-0.4, -0.2) is 43.5 Å². The van der Waals surface area contributed by atoms with Crippen LogP contribution in [-0.2, 0) is 6.42 Å². The lowest BCUT2D eigenvalue weighted by Crippen LogP contribution is -2.33. The maximum atomic E-state index is 11.1. The molecule has 10 nitrogen and oxygen atoms in total. The highest BCUT2D eigenvalue weighted by molar-refractivity contribution is 5.88. The molecule has 5 rings (SSSR count). The topological polar surface area (TPSA) is 139 Å². The quantitative estimate of drug-likeness (QED) is 0.453. The maximum absolute atomic E-state index is 11.1. The zero-order valence-corrected chi connectivity index (χ0v) is 15.8. The van der Waals surface area contributed by atoms with Crippen molar-refractivity contribution in [2.24, 2.45) is 5.73 Å². The SMILES string of the molecule is NC1CCC(Nc2nc(N3CCc4cc([N+](=O)[O-])ccc43)c3nc[nH]c3n2)CC1. The van der Waals surface area contributed by atoms with Gasteiger partial charge in [0.05, 0.1) is 11.3 Å². The van der Waals surface area contributed by atoms with E-state index in [4.69, 9.17) is 10.7 Å². The third-order valence-electron chi connectivity index (χ3n) is 5.79. The summed E-state index contributed by atoms with van der Waals surface area (Å²) in [5, 5.41) is 14.5. The molecule has 0 spiro atoms. The van der Waals surface area contributed by atoms with Gasteiger partial charge in [-0.25, -0.2) is 4.98 Å². The van der Waals surface area contributed by atoms with Gasteiger partial charge >= 0.3 is 0 Å². The summed E-state index contributed by atoms with van der Waals surface area (Å²) in [7, 11) is 0. The molecular formula is C19H22N8O2. The second-order valence-electron chi connectivity index (χ2n) is 7.70. The van der Waals surface area contributed by atoms with Crippen LogP contribution in [0.5, 0.6) is 0 Å². The number of nitro groups is 1. The van der Waals surface area contributed by atoms with E-state index in [0.717, 1.165) is 43.4 Å². The number of fused-ring (bicyclic) bond motifs is 2. The average Bonchev–Trinajstić information content (AvgIpc) is 3.35. The first-order valence-corrected chi connectivity index (χ1v) is 9.86. The van der Waals surface area contributed by atoms with Gasteiger partial charge in [-0.15, -0.1) is 0 Å². The van der Waals surface area contributed by atoms with Crippen LogP contribution < -0.4 is 16.0 Å². The van der Waals surface area contributed by atoms with E-state index in [1.54, 1.807) is 18.5 Å². The van der Waals surface area contributed by atoms with Gasteiger partial charge in [0, 0.05) is 36.4 Å². The van der Waals surface area contributed by atoms with Crippen LogP contribution in [0.25, 0.3) is 11.2 Å². The zero-order valence-electron chi connectivity index (χ0n) is 15.8. The van der Waals surface area contributed by atoms with Crippen LogP contribution in [0.1, 0.15) is 31.2 Å². The molecule has 2 aromatic heterocycles. The number of imidazole rings is 1. The molecule has 1 saturated carbocycles. The fourth-order valence-corrected chi connectivity index (χ4v) is 4.24. The summed E-state index contributed by atoms with van der Waals surface area (Å²) in [5.41, 5.74) is 9.34. The normalized spacial score (nSPS) is 21.3. The molecule has 0 amide bonds. The average molecular weight is 394 g/mol. The van der Waals surface area contributed by atoms with E-state index < -0.39 is 0 Å². The molecule has 10 heteroatoms. The van der Waals surface area contributed by atoms with E-state index in [2.05, 4.69) is 25.2 Å². The van der Waals surface area contributed by atoms with Crippen molar-refractivity contribution >= 4 is 34.3 Å². The number of non-ortho nitro benzene ring substituents is 1. The van der Waals surface area contributed by atoms with Crippen LogP contribution in [0.2, 0.25) is 0 Å². The van der Waals surface area contributed by atoms with Crippen LogP contribution >= 0.6 is 0 Å². The van der Waals surface area contributed by atoms with E-state index >= 15 is 0 Å². The fourth-order valence-electron chi connectivity index (χ4n) is 4.24. The molecule has 1 aliphatic heterocycles. The van der Waals surface area contributed by atoms with E-state index in [1.165, 1.54) is 6.07 Å². The zero-order chi connectivity index (χ0) is 20.0. The molecule has 150 valence electrons. The molecule has 1 aliphatic carbocycles. The first kappa shape index (κ1) is 17.8. The summed E-state index contributed by atoms with van der Waals surface area (Å²) in [6.07, 6.45) is 6.31. The molecule has 29 heavy (non-hydrogen) atoms. The Morgan fingerprint density at radius 2 is 2.07 bits per heavy atom. The number of anilines is 3. The second kappa shape index (κ2) is 6.96. The summed E-state index contributed by atoms with van der Waals surface area (Å²) in [5.74, 6) is 1.27. The maximum Gasteiger partial charge on any atom is 0.269 e. The highest BCUT2D eigenvalue weighted by Crippen LogP contribution is 2.38. The lowest BCUT2D eigenvalue weighted by Gasteiger charge is -2.27. The molecule has 2 aliphatic rings. The largest absolute Gasteiger partial charge is 0.351 e. The van der Waals surface area contributed by atoms with Crippen molar-refractivity contribution in [3.05, 3.63) is 40.2 Å². The Balaban J connectivity index is 1.49. The Kier molecular flexibility index (Phi) is 4.27. The van der Waals surface area contributed by atoms with Crippen molar-refractivity contribution < 1.29 is 4.92 Å². The molecule has 1 fully saturated rings. The number of benzene rings is 1. The summed E-state index contributed by atoms with van der Waals surface area (Å²) in [4.78, 5) is 29.6. The van der Waals surface area contributed by atoms with E-state index in [-0.39, 0.29) is 16.7 Å². The van der Waals surface area contributed by atoms with Gasteiger partial charge in [0.25, 0.3) is 5.69 Å². The van der Waals surface area contributed by atoms with Crippen molar-refractivity contribution in [1.29, 1.82) is 0 Å². The van der Waals surface area contributed by atoms with Gasteiger partial charge in [-0.1, -0.05) is 0 Å². The number of H-pyrrole nitrogens is 1. The molecule has 3 heterocycles. The van der Waals surface area contributed by atoms with E-state index in [9.17, 15) is 10.1 Å². The number of nitrogens with two attached hydrogens (primary N) is 1. The number of aromatic nitrogens is 4. The van der Waals surface area contributed by atoms with E-state index in [0.29, 0.717) is 35.5 Å². The number of nitrogens with zero attached hydrogens (tertiary/aromatic N) is 5. The predicted molar refractivity (Wildman–Crippen MR) is 109 cm³/mol. The van der Waals surface area contributed by atoms with Crippen LogP contribution in [0.15, 0.2) is 24.5 Å². The lowest BCUT2D eigenvalue weighted by molar-refractivity contribution is -0.384.